The van der Waals surface area contributed by atoms with E-state index in [2.05, 4.69) is 31.9 Å². The van der Waals surface area contributed by atoms with Crippen molar-refractivity contribution in [2.75, 3.05) is 0 Å². The van der Waals surface area contributed by atoms with Gasteiger partial charge in [-0.15, -0.1) is 0 Å². The molecule has 0 fully saturated rings. The Kier molecular flexibility index (Phi) is 3.48. The van der Waals surface area contributed by atoms with Crippen LogP contribution in [0.15, 0.2) is 26.0 Å². The Labute approximate surface area is 101 Å². The first kappa shape index (κ1) is 12.6. The van der Waals surface area contributed by atoms with Crippen LogP contribution in [0.4, 0.5) is 5.69 Å². The summed E-state index contributed by atoms with van der Waals surface area (Å²) in [7, 11) is -4.37. The monoisotopic (exact) mass is 359 g/mol. The van der Waals surface area contributed by atoms with E-state index in [1.54, 1.807) is 0 Å². The van der Waals surface area contributed by atoms with Crippen molar-refractivity contribution in [2.24, 2.45) is 0 Å². The van der Waals surface area contributed by atoms with Crippen LogP contribution in [0.1, 0.15) is 0 Å². The van der Waals surface area contributed by atoms with Crippen LogP contribution in [0, 0.1) is 10.1 Å². The number of halogens is 2. The summed E-state index contributed by atoms with van der Waals surface area (Å²) in [5.41, 5.74) is -0.303. The maximum absolute atomic E-state index is 10.8. The quantitative estimate of drug-likeness (QED) is 0.496. The highest BCUT2D eigenvalue weighted by molar-refractivity contribution is 9.11. The van der Waals surface area contributed by atoms with E-state index in [-0.39, 0.29) is 14.6 Å². The molecule has 1 rings (SSSR count). The largest absolute Gasteiger partial charge is 0.297 e. The first-order valence-corrected chi connectivity index (χ1v) is 6.37. The second kappa shape index (κ2) is 4.16. The average molecular weight is 361 g/mol. The molecule has 0 atom stereocenters. The molecule has 0 unspecified atom stereocenters. The van der Waals surface area contributed by atoms with E-state index in [0.29, 0.717) is 0 Å². The number of hydrogen-bond donors (Lipinski definition) is 1. The molecule has 9 heteroatoms. The highest BCUT2D eigenvalue weighted by Gasteiger charge is 2.21. The van der Waals surface area contributed by atoms with Gasteiger partial charge in [0, 0.05) is 0 Å². The minimum absolute atomic E-state index is 0.0329. The van der Waals surface area contributed by atoms with Crippen LogP contribution >= 0.6 is 31.9 Å². The number of nitro benzene ring substituents is 1. The van der Waals surface area contributed by atoms with Gasteiger partial charge in [0.15, 0.2) is 0 Å². The van der Waals surface area contributed by atoms with Crippen LogP contribution < -0.4 is 0 Å². The van der Waals surface area contributed by atoms with Crippen molar-refractivity contribution in [1.29, 1.82) is 0 Å². The minimum atomic E-state index is -4.37. The second-order valence-corrected chi connectivity index (χ2v) is 5.60. The Balaban J connectivity index is 3.52. The van der Waals surface area contributed by atoms with Crippen molar-refractivity contribution in [3.63, 3.8) is 0 Å². The van der Waals surface area contributed by atoms with Gasteiger partial charge in [-0.3, -0.25) is 14.7 Å². The van der Waals surface area contributed by atoms with Gasteiger partial charge in [0.05, 0.1) is 18.8 Å². The van der Waals surface area contributed by atoms with Crippen LogP contribution in [0.2, 0.25) is 0 Å². The zero-order valence-electron chi connectivity index (χ0n) is 6.85. The standard InChI is InChI=1S/C6H3Br2NO5S/c7-4-1-3(15(12,13)14)2-5(8)6(4)9(10)11/h1-2H,(H,12,13,14). The summed E-state index contributed by atoms with van der Waals surface area (Å²) in [5, 5.41) is 10.5. The van der Waals surface area contributed by atoms with Crippen molar-refractivity contribution < 1.29 is 17.9 Å². The summed E-state index contributed by atoms with van der Waals surface area (Å²) < 4.78 is 30.2. The number of benzene rings is 1. The maximum Gasteiger partial charge on any atom is 0.297 e. The van der Waals surface area contributed by atoms with Gasteiger partial charge in [-0.25, -0.2) is 0 Å². The van der Waals surface area contributed by atoms with Crippen LogP contribution in [0.3, 0.4) is 0 Å². The lowest BCUT2D eigenvalue weighted by molar-refractivity contribution is -0.386. The molecule has 0 saturated heterocycles. The number of nitro groups is 1. The lowest BCUT2D eigenvalue weighted by Gasteiger charge is -2.01. The Morgan fingerprint density at radius 3 is 1.93 bits per heavy atom. The van der Waals surface area contributed by atoms with Gasteiger partial charge in [-0.05, 0) is 44.0 Å². The Morgan fingerprint density at radius 1 is 1.27 bits per heavy atom. The summed E-state index contributed by atoms with van der Waals surface area (Å²) in [5.74, 6) is 0. The fraction of sp³-hybridized carbons (Fsp3) is 0. The Morgan fingerprint density at radius 2 is 1.67 bits per heavy atom. The van der Waals surface area contributed by atoms with Gasteiger partial charge in [-0.1, -0.05) is 0 Å². The van der Waals surface area contributed by atoms with Crippen LogP contribution in [0.5, 0.6) is 0 Å². The van der Waals surface area contributed by atoms with Crippen molar-refractivity contribution in [2.45, 2.75) is 4.90 Å². The van der Waals surface area contributed by atoms with Gasteiger partial charge in [0.1, 0.15) is 0 Å². The molecule has 1 aromatic carbocycles. The third-order valence-corrected chi connectivity index (χ3v) is 3.51. The topological polar surface area (TPSA) is 97.5 Å². The molecule has 6 nitrogen and oxygen atoms in total. The fourth-order valence-electron chi connectivity index (χ4n) is 0.866. The van der Waals surface area contributed by atoms with Gasteiger partial charge in [0.2, 0.25) is 0 Å². The molecule has 1 N–H and O–H groups in total. The number of rotatable bonds is 2. The average Bonchev–Trinajstić information content (AvgIpc) is 1.99. The van der Waals surface area contributed by atoms with Gasteiger partial charge in [-0.2, -0.15) is 8.42 Å². The molecule has 0 bridgehead atoms. The van der Waals surface area contributed by atoms with Crippen molar-refractivity contribution in [3.8, 4) is 0 Å². The molecular formula is C6H3Br2NO5S. The maximum atomic E-state index is 10.8. The molecule has 82 valence electrons. The number of hydrogen-bond acceptors (Lipinski definition) is 4. The van der Waals surface area contributed by atoms with Gasteiger partial charge >= 0.3 is 0 Å². The molecule has 0 aromatic heterocycles. The van der Waals surface area contributed by atoms with E-state index in [0.717, 1.165) is 12.1 Å². The summed E-state index contributed by atoms with van der Waals surface area (Å²) in [6, 6.07) is 1.91. The summed E-state index contributed by atoms with van der Waals surface area (Å²) in [6.07, 6.45) is 0. The Bertz CT molecular complexity index is 503. The van der Waals surface area contributed by atoms with Crippen molar-refractivity contribution in [1.82, 2.24) is 0 Å². The fourth-order valence-corrected chi connectivity index (χ4v) is 3.18. The van der Waals surface area contributed by atoms with E-state index in [1.165, 1.54) is 0 Å². The molecule has 0 radical (unpaired) electrons. The van der Waals surface area contributed by atoms with Crippen LogP contribution in [-0.4, -0.2) is 17.9 Å². The molecule has 0 aliphatic carbocycles. The highest BCUT2D eigenvalue weighted by Crippen LogP contribution is 2.35. The molecule has 0 amide bonds. The SMILES string of the molecule is O=[N+]([O-])c1c(Br)cc(S(=O)(=O)O)cc1Br. The highest BCUT2D eigenvalue weighted by atomic mass is 79.9. The zero-order chi connectivity index (χ0) is 11.8. The first-order chi connectivity index (χ1) is 6.73. The number of nitrogens with zero attached hydrogens (tertiary/aromatic N) is 1. The van der Waals surface area contributed by atoms with E-state index in [1.807, 2.05) is 0 Å². The predicted octanol–water partition coefficient (Wildman–Crippen LogP) is 2.37. The third-order valence-electron chi connectivity index (χ3n) is 1.47. The zero-order valence-corrected chi connectivity index (χ0v) is 10.8. The second-order valence-electron chi connectivity index (χ2n) is 2.47. The van der Waals surface area contributed by atoms with Crippen molar-refractivity contribution >= 4 is 47.7 Å². The van der Waals surface area contributed by atoms with E-state index in [4.69, 9.17) is 4.55 Å². The molecule has 0 heterocycles. The molecule has 0 aliphatic heterocycles. The molecule has 15 heavy (non-hydrogen) atoms. The third kappa shape index (κ3) is 2.74. The van der Waals surface area contributed by atoms with Crippen LogP contribution in [-0.2, 0) is 10.1 Å². The predicted molar refractivity (Wildman–Crippen MR) is 58.3 cm³/mol. The molecular weight excluding hydrogens is 358 g/mol. The van der Waals surface area contributed by atoms with Crippen molar-refractivity contribution in [3.05, 3.63) is 31.2 Å². The smallest absolute Gasteiger partial charge is 0.282 e. The van der Waals surface area contributed by atoms with Gasteiger partial charge in [0.25, 0.3) is 15.8 Å². The normalized spacial score (nSPS) is 11.4. The van der Waals surface area contributed by atoms with Gasteiger partial charge < -0.3 is 0 Å². The molecule has 0 aliphatic rings. The van der Waals surface area contributed by atoms with Crippen LogP contribution in [0.25, 0.3) is 0 Å². The lowest BCUT2D eigenvalue weighted by Crippen LogP contribution is -2.00. The summed E-state index contributed by atoms with van der Waals surface area (Å²) in [6.45, 7) is 0. The van der Waals surface area contributed by atoms with E-state index in [9.17, 15) is 18.5 Å². The minimum Gasteiger partial charge on any atom is -0.282 e. The lowest BCUT2D eigenvalue weighted by atomic mass is 10.3. The molecule has 0 saturated carbocycles. The first-order valence-electron chi connectivity index (χ1n) is 3.34. The summed E-state index contributed by atoms with van der Waals surface area (Å²) >= 11 is 5.69. The van der Waals surface area contributed by atoms with E-state index >= 15 is 0 Å². The Hall–Kier alpha value is -0.510. The van der Waals surface area contributed by atoms with E-state index < -0.39 is 19.9 Å². The summed E-state index contributed by atoms with van der Waals surface area (Å²) in [4.78, 5) is 9.43. The molecule has 1 aromatic rings. The molecule has 0 spiro atoms.